The molecule has 0 aliphatic rings. The van der Waals surface area contributed by atoms with Gasteiger partial charge in [-0.2, -0.15) is 0 Å². The molecule has 2 N–H and O–H groups in total. The van der Waals surface area contributed by atoms with Gasteiger partial charge in [0.2, 0.25) is 0 Å². The van der Waals surface area contributed by atoms with E-state index in [1.54, 1.807) is 20.8 Å². The summed E-state index contributed by atoms with van der Waals surface area (Å²) in [4.78, 5) is 25.9. The Morgan fingerprint density at radius 3 is 2.30 bits per heavy atom. The van der Waals surface area contributed by atoms with Crippen LogP contribution in [0.15, 0.2) is 5.11 Å². The van der Waals surface area contributed by atoms with Gasteiger partial charge >= 0.3 is 12.1 Å². The number of aliphatic carboxylic acids is 1. The van der Waals surface area contributed by atoms with E-state index in [9.17, 15) is 14.7 Å². The molecule has 0 radical (unpaired) electrons. The first-order valence-corrected chi connectivity index (χ1v) is 6.28. The number of carboxylic acids is 1. The predicted octanol–water partition coefficient (Wildman–Crippen LogP) is 2.69. The molecular formula is C12H22N4O4. The van der Waals surface area contributed by atoms with Crippen molar-refractivity contribution in [3.8, 4) is 0 Å². The summed E-state index contributed by atoms with van der Waals surface area (Å²) in [6.45, 7) is 8.26. The highest BCUT2D eigenvalue weighted by Crippen LogP contribution is 2.20. The zero-order valence-corrected chi connectivity index (χ0v) is 12.5. The lowest BCUT2D eigenvalue weighted by Gasteiger charge is -2.31. The van der Waals surface area contributed by atoms with E-state index >= 15 is 0 Å². The van der Waals surface area contributed by atoms with Crippen molar-refractivity contribution in [2.24, 2.45) is 11.0 Å². The van der Waals surface area contributed by atoms with Crippen molar-refractivity contribution < 1.29 is 19.4 Å². The van der Waals surface area contributed by atoms with Gasteiger partial charge in [-0.15, -0.1) is 0 Å². The van der Waals surface area contributed by atoms with Crippen molar-refractivity contribution >= 4 is 12.1 Å². The number of alkyl carbamates (subject to hydrolysis) is 1. The Morgan fingerprint density at radius 2 is 1.95 bits per heavy atom. The van der Waals surface area contributed by atoms with Crippen LogP contribution in [0.4, 0.5) is 4.79 Å². The molecule has 0 spiro atoms. The molecule has 8 nitrogen and oxygen atoms in total. The molecule has 0 unspecified atom stereocenters. The molecule has 0 bridgehead atoms. The standard InChI is InChI=1S/C12H22N4O4/c1-8(2)6-12(9(17)18,7-14-16-13)15-10(19)20-11(3,4)5/h8H,6-7H2,1-5H3,(H,15,19)(H,17,18)/t12-/m0/s1. The number of carboxylic acid groups (broad SMARTS) is 1. The number of hydrogen-bond acceptors (Lipinski definition) is 4. The second-order valence-corrected chi connectivity index (χ2v) is 6.00. The lowest BCUT2D eigenvalue weighted by molar-refractivity contribution is -0.145. The minimum Gasteiger partial charge on any atom is -0.480 e. The molecule has 0 aromatic heterocycles. The van der Waals surface area contributed by atoms with E-state index in [0.29, 0.717) is 0 Å². The van der Waals surface area contributed by atoms with Gasteiger partial charge in [-0.3, -0.25) is 0 Å². The highest BCUT2D eigenvalue weighted by molar-refractivity contribution is 5.84. The Morgan fingerprint density at radius 1 is 1.40 bits per heavy atom. The fraction of sp³-hybridized carbons (Fsp3) is 0.833. The number of carbonyl (C=O) groups is 2. The largest absolute Gasteiger partial charge is 0.480 e. The first-order valence-electron chi connectivity index (χ1n) is 6.28. The molecule has 114 valence electrons. The van der Waals surface area contributed by atoms with Crippen molar-refractivity contribution in [3.63, 3.8) is 0 Å². The summed E-state index contributed by atoms with van der Waals surface area (Å²) in [5, 5.41) is 15.0. The van der Waals surface area contributed by atoms with Gasteiger partial charge in [0.25, 0.3) is 0 Å². The van der Waals surface area contributed by atoms with Gasteiger partial charge in [0.1, 0.15) is 11.1 Å². The van der Waals surface area contributed by atoms with Gasteiger partial charge < -0.3 is 15.2 Å². The van der Waals surface area contributed by atoms with Gasteiger partial charge in [-0.25, -0.2) is 9.59 Å². The van der Waals surface area contributed by atoms with Crippen LogP contribution >= 0.6 is 0 Å². The molecule has 0 saturated carbocycles. The molecule has 0 saturated heterocycles. The summed E-state index contributed by atoms with van der Waals surface area (Å²) in [7, 11) is 0. The van der Waals surface area contributed by atoms with E-state index < -0.39 is 23.2 Å². The molecule has 0 heterocycles. The van der Waals surface area contributed by atoms with Crippen LogP contribution in [0.2, 0.25) is 0 Å². The molecule has 20 heavy (non-hydrogen) atoms. The quantitative estimate of drug-likeness (QED) is 0.442. The van der Waals surface area contributed by atoms with Crippen molar-refractivity contribution in [2.75, 3.05) is 6.54 Å². The first-order chi connectivity index (χ1) is 9.02. The molecule has 1 amide bonds. The molecule has 0 fully saturated rings. The summed E-state index contributed by atoms with van der Waals surface area (Å²) < 4.78 is 5.06. The monoisotopic (exact) mass is 286 g/mol. The van der Waals surface area contributed by atoms with Gasteiger partial charge in [-0.05, 0) is 38.6 Å². The zero-order chi connectivity index (χ0) is 16.0. The average molecular weight is 286 g/mol. The van der Waals surface area contributed by atoms with E-state index in [-0.39, 0.29) is 18.9 Å². The number of azide groups is 1. The maximum atomic E-state index is 11.8. The molecular weight excluding hydrogens is 264 g/mol. The maximum Gasteiger partial charge on any atom is 0.408 e. The minimum atomic E-state index is -1.66. The summed E-state index contributed by atoms with van der Waals surface area (Å²) in [6.07, 6.45) is -0.727. The van der Waals surface area contributed by atoms with E-state index in [1.807, 2.05) is 13.8 Å². The number of rotatable bonds is 6. The van der Waals surface area contributed by atoms with Crippen LogP contribution in [-0.2, 0) is 9.53 Å². The highest BCUT2D eigenvalue weighted by atomic mass is 16.6. The molecule has 8 heteroatoms. The fourth-order valence-corrected chi connectivity index (χ4v) is 1.71. The van der Waals surface area contributed by atoms with E-state index in [4.69, 9.17) is 10.3 Å². The topological polar surface area (TPSA) is 124 Å². The van der Waals surface area contributed by atoms with Crippen LogP contribution in [0.1, 0.15) is 41.0 Å². The number of amides is 1. The smallest absolute Gasteiger partial charge is 0.408 e. The van der Waals surface area contributed by atoms with E-state index in [2.05, 4.69) is 15.3 Å². The van der Waals surface area contributed by atoms with Crippen LogP contribution in [0.3, 0.4) is 0 Å². The van der Waals surface area contributed by atoms with Crippen LogP contribution in [0.25, 0.3) is 10.4 Å². The number of carbonyl (C=O) groups excluding carboxylic acids is 1. The summed E-state index contributed by atoms with van der Waals surface area (Å²) in [6, 6.07) is 0. The molecule has 1 atom stereocenters. The van der Waals surface area contributed by atoms with Crippen LogP contribution in [0, 0.1) is 5.92 Å². The maximum absolute atomic E-state index is 11.8. The Kier molecular flexibility index (Phi) is 6.32. The Labute approximate surface area is 118 Å². The predicted molar refractivity (Wildman–Crippen MR) is 73.2 cm³/mol. The molecule has 0 aliphatic heterocycles. The zero-order valence-electron chi connectivity index (χ0n) is 12.5. The van der Waals surface area contributed by atoms with Gasteiger partial charge in [0.05, 0.1) is 6.54 Å². The Balaban J connectivity index is 5.22. The normalized spacial score (nSPS) is 14.1. The van der Waals surface area contributed by atoms with Crippen molar-refractivity contribution in [1.82, 2.24) is 5.32 Å². The highest BCUT2D eigenvalue weighted by Gasteiger charge is 2.41. The third kappa shape index (κ3) is 6.29. The summed E-state index contributed by atoms with van der Waals surface area (Å²) in [5.41, 5.74) is 5.98. The van der Waals surface area contributed by atoms with E-state index in [0.717, 1.165) is 0 Å². The van der Waals surface area contributed by atoms with Gasteiger partial charge in [0, 0.05) is 4.91 Å². The second-order valence-electron chi connectivity index (χ2n) is 6.00. The summed E-state index contributed by atoms with van der Waals surface area (Å²) in [5.74, 6) is -1.28. The van der Waals surface area contributed by atoms with Crippen molar-refractivity contribution in [1.29, 1.82) is 0 Å². The molecule has 0 rings (SSSR count). The minimum absolute atomic E-state index is 0.0186. The average Bonchev–Trinajstić information content (AvgIpc) is 2.21. The number of hydrogen-bond donors (Lipinski definition) is 2. The van der Waals surface area contributed by atoms with Crippen LogP contribution < -0.4 is 5.32 Å². The Bertz CT molecular complexity index is 410. The molecule has 0 aromatic carbocycles. The van der Waals surface area contributed by atoms with Crippen molar-refractivity contribution in [2.45, 2.75) is 52.2 Å². The van der Waals surface area contributed by atoms with E-state index in [1.165, 1.54) is 0 Å². The van der Waals surface area contributed by atoms with Crippen molar-refractivity contribution in [3.05, 3.63) is 10.4 Å². The van der Waals surface area contributed by atoms with Crippen LogP contribution in [0.5, 0.6) is 0 Å². The third-order valence-electron chi connectivity index (χ3n) is 2.31. The third-order valence-corrected chi connectivity index (χ3v) is 2.31. The molecule has 0 aromatic rings. The summed E-state index contributed by atoms with van der Waals surface area (Å²) >= 11 is 0. The number of ether oxygens (including phenoxy) is 1. The SMILES string of the molecule is CC(C)C[C@@](CN=[N+]=[N-])(NC(=O)OC(C)(C)C)C(=O)O. The second kappa shape index (κ2) is 7.00. The van der Waals surface area contributed by atoms with Crippen LogP contribution in [-0.4, -0.2) is 34.9 Å². The first kappa shape index (κ1) is 18.0. The molecule has 0 aliphatic carbocycles. The fourth-order valence-electron chi connectivity index (χ4n) is 1.71. The van der Waals surface area contributed by atoms with Gasteiger partial charge in [0.15, 0.2) is 0 Å². The lowest BCUT2D eigenvalue weighted by Crippen LogP contribution is -2.58. The Hall–Kier alpha value is -1.95. The number of nitrogens with zero attached hydrogens (tertiary/aromatic N) is 3. The number of nitrogens with one attached hydrogen (secondary N) is 1. The lowest BCUT2D eigenvalue weighted by atomic mass is 9.89. The van der Waals surface area contributed by atoms with Gasteiger partial charge in [-0.1, -0.05) is 19.0 Å².